The van der Waals surface area contributed by atoms with Crippen LogP contribution in [0.15, 0.2) is 24.3 Å². The van der Waals surface area contributed by atoms with Gasteiger partial charge in [-0.05, 0) is 32.4 Å². The van der Waals surface area contributed by atoms with Gasteiger partial charge in [0.1, 0.15) is 0 Å². The average molecular weight is 233 g/mol. The Labute approximate surface area is 102 Å². The molecule has 1 aromatic rings. The topological polar surface area (TPSA) is 29.5 Å². The fourth-order valence-corrected chi connectivity index (χ4v) is 2.33. The Morgan fingerprint density at radius 3 is 2.41 bits per heavy atom. The number of benzene rings is 1. The van der Waals surface area contributed by atoms with Crippen LogP contribution in [0.5, 0.6) is 0 Å². The van der Waals surface area contributed by atoms with E-state index in [0.717, 1.165) is 11.1 Å². The van der Waals surface area contributed by atoms with E-state index in [9.17, 15) is 4.79 Å². The average Bonchev–Trinajstić information content (AvgIpc) is 2.27. The summed E-state index contributed by atoms with van der Waals surface area (Å²) in [5.74, 6) is 0.116. The van der Waals surface area contributed by atoms with Crippen LogP contribution in [0.3, 0.4) is 0 Å². The predicted octanol–water partition coefficient (Wildman–Crippen LogP) is 2.24. The first-order valence-corrected chi connectivity index (χ1v) is 6.08. The zero-order valence-electron chi connectivity index (χ0n) is 10.6. The third-order valence-electron chi connectivity index (χ3n) is 3.08. The van der Waals surface area contributed by atoms with Crippen molar-refractivity contribution in [3.8, 4) is 0 Å². The maximum Gasteiger partial charge on any atom is 0.254 e. The summed E-state index contributed by atoms with van der Waals surface area (Å²) >= 11 is 0. The van der Waals surface area contributed by atoms with Gasteiger partial charge in [0.15, 0.2) is 0 Å². The molecular formula is C14H19NO2. The SMILES string of the molecule is Cc1ccccc1C(=O)N1CC(C)OC(C)C1. The summed E-state index contributed by atoms with van der Waals surface area (Å²) in [7, 11) is 0. The van der Waals surface area contributed by atoms with Gasteiger partial charge in [-0.1, -0.05) is 18.2 Å². The lowest BCUT2D eigenvalue weighted by molar-refractivity contribution is -0.0586. The molecule has 1 aliphatic heterocycles. The van der Waals surface area contributed by atoms with Gasteiger partial charge in [0.2, 0.25) is 0 Å². The highest BCUT2D eigenvalue weighted by Gasteiger charge is 2.26. The highest BCUT2D eigenvalue weighted by molar-refractivity contribution is 5.95. The fraction of sp³-hybridized carbons (Fsp3) is 0.500. The van der Waals surface area contributed by atoms with E-state index in [-0.39, 0.29) is 18.1 Å². The van der Waals surface area contributed by atoms with Gasteiger partial charge in [0, 0.05) is 18.7 Å². The molecule has 1 fully saturated rings. The van der Waals surface area contributed by atoms with Gasteiger partial charge in [-0.25, -0.2) is 0 Å². The number of aryl methyl sites for hydroxylation is 1. The number of hydrogen-bond acceptors (Lipinski definition) is 2. The molecule has 1 amide bonds. The molecule has 17 heavy (non-hydrogen) atoms. The van der Waals surface area contributed by atoms with Crippen LogP contribution in [0.25, 0.3) is 0 Å². The van der Waals surface area contributed by atoms with Crippen molar-refractivity contribution in [2.75, 3.05) is 13.1 Å². The summed E-state index contributed by atoms with van der Waals surface area (Å²) in [4.78, 5) is 14.3. The van der Waals surface area contributed by atoms with E-state index in [0.29, 0.717) is 13.1 Å². The molecule has 2 atom stereocenters. The molecule has 92 valence electrons. The van der Waals surface area contributed by atoms with Gasteiger partial charge < -0.3 is 9.64 Å². The molecule has 3 nitrogen and oxygen atoms in total. The zero-order chi connectivity index (χ0) is 12.4. The maximum atomic E-state index is 12.4. The van der Waals surface area contributed by atoms with E-state index < -0.39 is 0 Å². The van der Waals surface area contributed by atoms with Crippen molar-refractivity contribution in [3.05, 3.63) is 35.4 Å². The quantitative estimate of drug-likeness (QED) is 0.744. The summed E-state index contributed by atoms with van der Waals surface area (Å²) in [5, 5.41) is 0. The van der Waals surface area contributed by atoms with Crippen molar-refractivity contribution in [3.63, 3.8) is 0 Å². The second-order valence-corrected chi connectivity index (χ2v) is 4.78. The van der Waals surface area contributed by atoms with E-state index in [1.54, 1.807) is 0 Å². The van der Waals surface area contributed by atoms with Crippen molar-refractivity contribution in [1.29, 1.82) is 0 Å². The largest absolute Gasteiger partial charge is 0.372 e. The smallest absolute Gasteiger partial charge is 0.254 e. The highest BCUT2D eigenvalue weighted by Crippen LogP contribution is 2.16. The van der Waals surface area contributed by atoms with E-state index in [2.05, 4.69) is 0 Å². The van der Waals surface area contributed by atoms with Crippen molar-refractivity contribution in [2.45, 2.75) is 33.0 Å². The van der Waals surface area contributed by atoms with Crippen LogP contribution in [0, 0.1) is 6.92 Å². The lowest BCUT2D eigenvalue weighted by atomic mass is 10.1. The van der Waals surface area contributed by atoms with Gasteiger partial charge >= 0.3 is 0 Å². The Balaban J connectivity index is 2.17. The molecule has 2 unspecified atom stereocenters. The summed E-state index contributed by atoms with van der Waals surface area (Å²) < 4.78 is 5.64. The van der Waals surface area contributed by atoms with Gasteiger partial charge in [-0.3, -0.25) is 4.79 Å². The van der Waals surface area contributed by atoms with Gasteiger partial charge in [-0.2, -0.15) is 0 Å². The molecule has 0 aliphatic carbocycles. The molecule has 1 aromatic carbocycles. The molecule has 0 spiro atoms. The minimum absolute atomic E-state index is 0.116. The highest BCUT2D eigenvalue weighted by atomic mass is 16.5. The van der Waals surface area contributed by atoms with Gasteiger partial charge in [0.25, 0.3) is 5.91 Å². The summed E-state index contributed by atoms with van der Waals surface area (Å²) in [6, 6.07) is 7.73. The molecule has 0 aromatic heterocycles. The third kappa shape index (κ3) is 2.67. The van der Waals surface area contributed by atoms with Crippen molar-refractivity contribution in [2.24, 2.45) is 0 Å². The first kappa shape index (κ1) is 12.1. The first-order chi connectivity index (χ1) is 8.08. The van der Waals surface area contributed by atoms with E-state index in [1.165, 1.54) is 0 Å². The molecule has 1 heterocycles. The second-order valence-electron chi connectivity index (χ2n) is 4.78. The van der Waals surface area contributed by atoms with Crippen LogP contribution in [0.2, 0.25) is 0 Å². The van der Waals surface area contributed by atoms with Crippen LogP contribution < -0.4 is 0 Å². The Hall–Kier alpha value is -1.35. The standard InChI is InChI=1S/C14H19NO2/c1-10-6-4-5-7-13(10)14(16)15-8-11(2)17-12(3)9-15/h4-7,11-12H,8-9H2,1-3H3. The Morgan fingerprint density at radius 1 is 1.24 bits per heavy atom. The zero-order valence-corrected chi connectivity index (χ0v) is 10.6. The van der Waals surface area contributed by atoms with Crippen LogP contribution in [0.1, 0.15) is 29.8 Å². The number of morpholine rings is 1. The molecule has 2 rings (SSSR count). The van der Waals surface area contributed by atoms with Crippen LogP contribution >= 0.6 is 0 Å². The first-order valence-electron chi connectivity index (χ1n) is 6.08. The Kier molecular flexibility index (Phi) is 3.48. The molecule has 0 radical (unpaired) electrons. The number of amides is 1. The molecule has 1 aliphatic rings. The second kappa shape index (κ2) is 4.88. The van der Waals surface area contributed by atoms with Crippen molar-refractivity contribution in [1.82, 2.24) is 4.90 Å². The number of carbonyl (C=O) groups excluding carboxylic acids is 1. The molecule has 0 saturated carbocycles. The lowest BCUT2D eigenvalue weighted by Gasteiger charge is -2.35. The monoisotopic (exact) mass is 233 g/mol. The Morgan fingerprint density at radius 2 is 1.82 bits per heavy atom. The number of rotatable bonds is 1. The van der Waals surface area contributed by atoms with Gasteiger partial charge in [-0.15, -0.1) is 0 Å². The molecule has 1 saturated heterocycles. The molecule has 3 heteroatoms. The normalized spacial score (nSPS) is 24.8. The maximum absolute atomic E-state index is 12.4. The predicted molar refractivity (Wildman–Crippen MR) is 67.1 cm³/mol. The van der Waals surface area contributed by atoms with Crippen LogP contribution in [-0.2, 0) is 4.74 Å². The van der Waals surface area contributed by atoms with E-state index in [1.807, 2.05) is 49.9 Å². The van der Waals surface area contributed by atoms with Crippen LogP contribution in [0.4, 0.5) is 0 Å². The molecule has 0 bridgehead atoms. The third-order valence-corrected chi connectivity index (χ3v) is 3.08. The number of hydrogen-bond donors (Lipinski definition) is 0. The van der Waals surface area contributed by atoms with Crippen LogP contribution in [-0.4, -0.2) is 36.1 Å². The van der Waals surface area contributed by atoms with E-state index >= 15 is 0 Å². The van der Waals surface area contributed by atoms with Crippen molar-refractivity contribution >= 4 is 5.91 Å². The minimum Gasteiger partial charge on any atom is -0.372 e. The molecular weight excluding hydrogens is 214 g/mol. The summed E-state index contributed by atoms with van der Waals surface area (Å²) in [5.41, 5.74) is 1.83. The minimum atomic E-state index is 0.116. The summed E-state index contributed by atoms with van der Waals surface area (Å²) in [6.07, 6.45) is 0.235. The molecule has 0 N–H and O–H groups in total. The number of ether oxygens (including phenoxy) is 1. The number of carbonyl (C=O) groups is 1. The Bertz CT molecular complexity index is 406. The fourth-order valence-electron chi connectivity index (χ4n) is 2.33. The van der Waals surface area contributed by atoms with Gasteiger partial charge in [0.05, 0.1) is 12.2 Å². The number of nitrogens with zero attached hydrogens (tertiary/aromatic N) is 1. The van der Waals surface area contributed by atoms with E-state index in [4.69, 9.17) is 4.74 Å². The van der Waals surface area contributed by atoms with Crippen molar-refractivity contribution < 1.29 is 9.53 Å². The summed E-state index contributed by atoms with van der Waals surface area (Å²) in [6.45, 7) is 7.34. The lowest BCUT2D eigenvalue weighted by Crippen LogP contribution is -2.48.